The predicted molar refractivity (Wildman–Crippen MR) is 134 cm³/mol. The molecule has 5 aromatic rings. The number of rotatable bonds is 2. The van der Waals surface area contributed by atoms with Crippen molar-refractivity contribution in [2.75, 3.05) is 0 Å². The summed E-state index contributed by atoms with van der Waals surface area (Å²) in [7, 11) is -1.24. The summed E-state index contributed by atoms with van der Waals surface area (Å²) >= 11 is 0. The van der Waals surface area contributed by atoms with Crippen molar-refractivity contribution in [2.45, 2.75) is 15.2 Å². The molecule has 0 amide bonds. The normalized spacial score (nSPS) is 14.9. The molecule has 33 heavy (non-hydrogen) atoms. The quantitative estimate of drug-likeness (QED) is 0.278. The summed E-state index contributed by atoms with van der Waals surface area (Å²) in [6.45, 7) is 0. The maximum atomic E-state index is 13.5. The Balaban J connectivity index is 1.58. The predicted octanol–water partition coefficient (Wildman–Crippen LogP) is 7.20. The van der Waals surface area contributed by atoms with Crippen molar-refractivity contribution in [1.82, 2.24) is 0 Å². The van der Waals surface area contributed by atoms with Crippen molar-refractivity contribution in [1.29, 1.82) is 0 Å². The SMILES string of the molecule is O=S(c1ccccc1)c1ccc2c(c1)C1(c3ccccc3-c3ccccc31)c1ccccc1-2. The molecule has 0 aliphatic heterocycles. The number of hydrogen-bond acceptors (Lipinski definition) is 1. The van der Waals surface area contributed by atoms with Gasteiger partial charge in [-0.05, 0) is 68.8 Å². The van der Waals surface area contributed by atoms with Gasteiger partial charge in [0.25, 0.3) is 0 Å². The highest BCUT2D eigenvalue weighted by Crippen LogP contribution is 2.62. The molecule has 2 aliphatic carbocycles. The lowest BCUT2D eigenvalue weighted by molar-refractivity contribution is 0.682. The second-order valence-corrected chi connectivity index (χ2v) is 10.2. The van der Waals surface area contributed by atoms with Gasteiger partial charge >= 0.3 is 0 Å². The maximum absolute atomic E-state index is 13.5. The third-order valence-electron chi connectivity index (χ3n) is 7.14. The van der Waals surface area contributed by atoms with Gasteiger partial charge in [-0.1, -0.05) is 97.1 Å². The Bertz CT molecular complexity index is 1520. The van der Waals surface area contributed by atoms with E-state index in [0.29, 0.717) is 0 Å². The molecule has 5 aromatic carbocycles. The van der Waals surface area contributed by atoms with E-state index in [9.17, 15) is 4.21 Å². The second kappa shape index (κ2) is 6.87. The van der Waals surface area contributed by atoms with Crippen LogP contribution in [0.1, 0.15) is 22.3 Å². The fourth-order valence-corrected chi connectivity index (χ4v) is 6.96. The molecule has 2 heteroatoms. The van der Waals surface area contributed by atoms with Crippen LogP contribution in [0.25, 0.3) is 22.3 Å². The monoisotopic (exact) mass is 440 g/mol. The zero-order valence-electron chi connectivity index (χ0n) is 17.9. The first kappa shape index (κ1) is 18.8. The molecular weight excluding hydrogens is 420 g/mol. The Morgan fingerprint density at radius 1 is 0.424 bits per heavy atom. The van der Waals surface area contributed by atoms with E-state index in [-0.39, 0.29) is 0 Å². The molecule has 1 nitrogen and oxygen atoms in total. The zero-order valence-corrected chi connectivity index (χ0v) is 18.7. The lowest BCUT2D eigenvalue weighted by Gasteiger charge is -2.30. The van der Waals surface area contributed by atoms with E-state index in [4.69, 9.17) is 0 Å². The van der Waals surface area contributed by atoms with Gasteiger partial charge in [0.1, 0.15) is 0 Å². The van der Waals surface area contributed by atoms with Crippen molar-refractivity contribution < 1.29 is 4.21 Å². The molecule has 7 rings (SSSR count). The number of benzene rings is 5. The van der Waals surface area contributed by atoms with Gasteiger partial charge in [-0.25, -0.2) is 4.21 Å². The maximum Gasteiger partial charge on any atom is 0.0849 e. The summed E-state index contributed by atoms with van der Waals surface area (Å²) in [5, 5.41) is 0. The minimum absolute atomic E-state index is 0.393. The first-order valence-electron chi connectivity index (χ1n) is 11.2. The van der Waals surface area contributed by atoms with Crippen LogP contribution in [0.15, 0.2) is 131 Å². The lowest BCUT2D eigenvalue weighted by atomic mass is 9.70. The van der Waals surface area contributed by atoms with E-state index in [2.05, 4.69) is 84.9 Å². The summed E-state index contributed by atoms with van der Waals surface area (Å²) in [5.74, 6) is 0. The highest BCUT2D eigenvalue weighted by atomic mass is 32.2. The van der Waals surface area contributed by atoms with Crippen LogP contribution in [-0.4, -0.2) is 4.21 Å². The van der Waals surface area contributed by atoms with Crippen LogP contribution in [0, 0.1) is 0 Å². The molecular formula is C31H20OS. The highest BCUT2D eigenvalue weighted by molar-refractivity contribution is 7.85. The van der Waals surface area contributed by atoms with Gasteiger partial charge in [0, 0.05) is 9.79 Å². The highest BCUT2D eigenvalue weighted by Gasteiger charge is 2.51. The lowest BCUT2D eigenvalue weighted by Crippen LogP contribution is -2.26. The Hall–Kier alpha value is -3.75. The largest absolute Gasteiger partial charge is 0.249 e. The molecule has 2 aliphatic rings. The van der Waals surface area contributed by atoms with Gasteiger partial charge in [0.05, 0.1) is 16.2 Å². The van der Waals surface area contributed by atoms with Crippen molar-refractivity contribution in [3.63, 3.8) is 0 Å². The van der Waals surface area contributed by atoms with Gasteiger partial charge in [0.2, 0.25) is 0 Å². The molecule has 0 bridgehead atoms. The Morgan fingerprint density at radius 3 is 1.42 bits per heavy atom. The van der Waals surface area contributed by atoms with E-state index in [0.717, 1.165) is 9.79 Å². The molecule has 0 heterocycles. The molecule has 0 saturated heterocycles. The van der Waals surface area contributed by atoms with E-state index in [1.54, 1.807) is 0 Å². The second-order valence-electron chi connectivity index (χ2n) is 8.68. The van der Waals surface area contributed by atoms with Crippen LogP contribution in [0.4, 0.5) is 0 Å². The van der Waals surface area contributed by atoms with Crippen molar-refractivity contribution in [2.24, 2.45) is 0 Å². The van der Waals surface area contributed by atoms with Gasteiger partial charge in [-0.3, -0.25) is 0 Å². The Labute approximate surface area is 195 Å². The first-order valence-corrected chi connectivity index (χ1v) is 12.4. The average Bonchev–Trinajstić information content (AvgIpc) is 3.36. The van der Waals surface area contributed by atoms with Gasteiger partial charge < -0.3 is 0 Å². The van der Waals surface area contributed by atoms with E-state index in [1.165, 1.54) is 44.5 Å². The molecule has 156 valence electrons. The van der Waals surface area contributed by atoms with Gasteiger partial charge in [-0.2, -0.15) is 0 Å². The van der Waals surface area contributed by atoms with Crippen LogP contribution in [0.3, 0.4) is 0 Å². The van der Waals surface area contributed by atoms with Crippen LogP contribution >= 0.6 is 0 Å². The van der Waals surface area contributed by atoms with E-state index in [1.807, 2.05) is 36.4 Å². The molecule has 0 radical (unpaired) electrons. The third-order valence-corrected chi connectivity index (χ3v) is 8.52. The van der Waals surface area contributed by atoms with Crippen LogP contribution < -0.4 is 0 Å². The Kier molecular flexibility index (Phi) is 3.91. The fourth-order valence-electron chi connectivity index (χ4n) is 5.87. The molecule has 0 N–H and O–H groups in total. The molecule has 0 fully saturated rings. The van der Waals surface area contributed by atoms with Crippen molar-refractivity contribution in [3.05, 3.63) is 144 Å². The molecule has 1 unspecified atom stereocenters. The third kappa shape index (κ3) is 2.39. The standard InChI is InChI=1S/C31H20OS/c32-33(21-10-2-1-3-11-21)22-18-19-26-25-14-6-9-17-29(25)31(30(26)20-22)27-15-7-4-12-23(27)24-13-5-8-16-28(24)31/h1-20H. The van der Waals surface area contributed by atoms with E-state index >= 15 is 0 Å². The zero-order chi connectivity index (χ0) is 22.0. The van der Waals surface area contributed by atoms with Crippen molar-refractivity contribution in [3.8, 4) is 22.3 Å². The first-order chi connectivity index (χ1) is 16.3. The number of hydrogen-bond donors (Lipinski definition) is 0. The van der Waals surface area contributed by atoms with Crippen LogP contribution in [-0.2, 0) is 16.2 Å². The summed E-state index contributed by atoms with van der Waals surface area (Å²) < 4.78 is 13.5. The Morgan fingerprint density at radius 2 is 0.879 bits per heavy atom. The summed E-state index contributed by atoms with van der Waals surface area (Å²) in [6, 6.07) is 42.4. The van der Waals surface area contributed by atoms with E-state index < -0.39 is 16.2 Å². The summed E-state index contributed by atoms with van der Waals surface area (Å²) in [5.41, 5.74) is 9.80. The van der Waals surface area contributed by atoms with Gasteiger partial charge in [0.15, 0.2) is 0 Å². The minimum Gasteiger partial charge on any atom is -0.249 e. The van der Waals surface area contributed by atoms with Crippen LogP contribution in [0.2, 0.25) is 0 Å². The van der Waals surface area contributed by atoms with Crippen LogP contribution in [0.5, 0.6) is 0 Å². The van der Waals surface area contributed by atoms with Crippen molar-refractivity contribution >= 4 is 10.8 Å². The van der Waals surface area contributed by atoms with Gasteiger partial charge in [-0.15, -0.1) is 0 Å². The average molecular weight is 441 g/mol. The smallest absolute Gasteiger partial charge is 0.0849 e. The number of fused-ring (bicyclic) bond motifs is 10. The molecule has 0 aromatic heterocycles. The topological polar surface area (TPSA) is 17.1 Å². The summed E-state index contributed by atoms with van der Waals surface area (Å²) in [4.78, 5) is 1.67. The summed E-state index contributed by atoms with van der Waals surface area (Å²) in [6.07, 6.45) is 0. The molecule has 1 spiro atoms. The fraction of sp³-hybridized carbons (Fsp3) is 0.0323. The minimum atomic E-state index is -1.24. The molecule has 0 saturated carbocycles. The molecule has 1 atom stereocenters.